The van der Waals surface area contributed by atoms with Crippen LogP contribution in [0.4, 0.5) is 0 Å². The number of piperidine rings is 1. The Balaban J connectivity index is 0.00000112. The quantitative estimate of drug-likeness (QED) is 0.576. The van der Waals surface area contributed by atoms with E-state index in [1.807, 2.05) is 11.7 Å². The molecule has 0 atom stereocenters. The van der Waals surface area contributed by atoms with E-state index in [4.69, 9.17) is 0 Å². The molecule has 0 radical (unpaired) electrons. The Hall–Kier alpha value is 0.845. The maximum atomic E-state index is 4.39. The van der Waals surface area contributed by atoms with E-state index in [2.05, 4.69) is 30.0 Å². The first-order valence-corrected chi connectivity index (χ1v) is 5.21. The molecule has 4 heteroatoms. The van der Waals surface area contributed by atoms with Crippen LogP contribution >= 0.6 is 0 Å². The number of aryl methyl sites for hydroxylation is 2. The fourth-order valence-corrected chi connectivity index (χ4v) is 2.09. The third kappa shape index (κ3) is 3.40. The van der Waals surface area contributed by atoms with Gasteiger partial charge in [-0.25, -0.2) is 5.10 Å². The van der Waals surface area contributed by atoms with Gasteiger partial charge in [0, 0.05) is 7.05 Å². The molecule has 0 spiro atoms. The minimum absolute atomic E-state index is 0. The predicted octanol–water partition coefficient (Wildman–Crippen LogP) is -1.62. The number of aromatic nitrogens is 2. The van der Waals surface area contributed by atoms with Crippen LogP contribution in [0.15, 0.2) is 6.07 Å². The largest absolute Gasteiger partial charge is 1.00 e. The van der Waals surface area contributed by atoms with Crippen molar-refractivity contribution < 1.29 is 58.2 Å². The second-order valence-electron chi connectivity index (χ2n) is 4.20. The minimum atomic E-state index is 0. The zero-order valence-electron chi connectivity index (χ0n) is 10.2. The second-order valence-corrected chi connectivity index (χ2v) is 4.20. The molecule has 0 unspecified atom stereocenters. The summed E-state index contributed by atoms with van der Waals surface area (Å²) in [6.07, 6.45) is 2.38. The third-order valence-corrected chi connectivity index (χ3v) is 2.95. The maximum Gasteiger partial charge on any atom is 1.00 e. The van der Waals surface area contributed by atoms with Crippen LogP contribution in [0.25, 0.3) is 0 Å². The van der Waals surface area contributed by atoms with Crippen molar-refractivity contribution in [2.45, 2.75) is 19.8 Å². The number of rotatable bonds is 1. The molecular formula is C11H18N3Rb. The summed E-state index contributed by atoms with van der Waals surface area (Å²) in [7, 11) is 4.22. The van der Waals surface area contributed by atoms with Crippen molar-refractivity contribution >= 4 is 0 Å². The van der Waals surface area contributed by atoms with Crippen molar-refractivity contribution in [2.24, 2.45) is 7.05 Å². The molecule has 15 heavy (non-hydrogen) atoms. The van der Waals surface area contributed by atoms with Gasteiger partial charge in [-0.15, -0.1) is 0 Å². The van der Waals surface area contributed by atoms with Crippen LogP contribution in [0, 0.1) is 12.8 Å². The maximum absolute atomic E-state index is 4.39. The molecule has 0 N–H and O–H groups in total. The van der Waals surface area contributed by atoms with Crippen LogP contribution in [0.1, 0.15) is 24.2 Å². The van der Waals surface area contributed by atoms with Gasteiger partial charge in [-0.1, -0.05) is 18.5 Å². The number of nitrogens with zero attached hydrogens (tertiary/aromatic N) is 3. The molecule has 78 valence electrons. The number of hydrogen-bond donors (Lipinski definition) is 0. The Morgan fingerprint density at radius 2 is 1.87 bits per heavy atom. The molecule has 0 aliphatic carbocycles. The Morgan fingerprint density at radius 3 is 2.33 bits per heavy atom. The van der Waals surface area contributed by atoms with E-state index in [0.29, 0.717) is 0 Å². The normalized spacial score (nSPS) is 17.7. The summed E-state index contributed by atoms with van der Waals surface area (Å²) in [6.45, 7) is 4.41. The van der Waals surface area contributed by atoms with E-state index in [9.17, 15) is 0 Å². The standard InChI is InChI=1S/C11H18N3.Rb/c1-9-8-11(14(3)12-9)10-4-6-13(2)7-5-10;/h8H,4-7H2,1-3H3;/q-1;+1. The molecule has 2 heterocycles. The first-order chi connectivity index (χ1) is 6.66. The van der Waals surface area contributed by atoms with Crippen molar-refractivity contribution in [3.8, 4) is 0 Å². The van der Waals surface area contributed by atoms with Crippen molar-refractivity contribution in [2.75, 3.05) is 20.1 Å². The van der Waals surface area contributed by atoms with Gasteiger partial charge >= 0.3 is 58.2 Å². The van der Waals surface area contributed by atoms with E-state index in [1.165, 1.54) is 31.6 Å². The van der Waals surface area contributed by atoms with E-state index in [1.54, 1.807) is 5.92 Å². The van der Waals surface area contributed by atoms with E-state index in [-0.39, 0.29) is 58.2 Å². The third-order valence-electron chi connectivity index (χ3n) is 2.95. The summed E-state index contributed by atoms with van der Waals surface area (Å²) in [6, 6.07) is 2.20. The summed E-state index contributed by atoms with van der Waals surface area (Å²) in [5.41, 5.74) is 2.45. The number of hydrogen-bond acceptors (Lipinski definition) is 2. The smallest absolute Gasteiger partial charge is 0.309 e. The fraction of sp³-hybridized carbons (Fsp3) is 0.636. The minimum Gasteiger partial charge on any atom is -0.309 e. The molecule has 1 saturated heterocycles. The van der Waals surface area contributed by atoms with Crippen LogP contribution < -0.4 is 58.2 Å². The molecule has 1 aliphatic heterocycles. The van der Waals surface area contributed by atoms with Crippen LogP contribution in [-0.2, 0) is 7.05 Å². The summed E-state index contributed by atoms with van der Waals surface area (Å²) < 4.78 is 2.01. The van der Waals surface area contributed by atoms with Crippen molar-refractivity contribution in [1.29, 1.82) is 0 Å². The monoisotopic (exact) mass is 277 g/mol. The molecule has 1 aromatic heterocycles. The van der Waals surface area contributed by atoms with Gasteiger partial charge in [0.2, 0.25) is 0 Å². The molecule has 3 nitrogen and oxygen atoms in total. The molecule has 2 rings (SSSR count). The van der Waals surface area contributed by atoms with Gasteiger partial charge in [0.1, 0.15) is 0 Å². The zero-order chi connectivity index (χ0) is 10.1. The molecule has 1 fully saturated rings. The Labute approximate surface area is 141 Å². The molecule has 0 saturated carbocycles. The van der Waals surface area contributed by atoms with Crippen molar-refractivity contribution in [1.82, 2.24) is 14.7 Å². The summed E-state index contributed by atoms with van der Waals surface area (Å²) in [5, 5.41) is 4.39. The van der Waals surface area contributed by atoms with Crippen molar-refractivity contribution in [3.05, 3.63) is 23.4 Å². The van der Waals surface area contributed by atoms with E-state index >= 15 is 0 Å². The Bertz CT molecular complexity index is 314. The Morgan fingerprint density at radius 1 is 1.27 bits per heavy atom. The van der Waals surface area contributed by atoms with Crippen LogP contribution in [0.5, 0.6) is 0 Å². The summed E-state index contributed by atoms with van der Waals surface area (Å²) >= 11 is 0. The molecule has 1 aromatic rings. The average Bonchev–Trinajstić information content (AvgIpc) is 2.47. The van der Waals surface area contributed by atoms with Gasteiger partial charge in [-0.2, -0.15) is 12.0 Å². The molecular weight excluding hydrogens is 260 g/mol. The first-order valence-electron chi connectivity index (χ1n) is 5.21. The number of likely N-dealkylation sites (tertiary alicyclic amines) is 1. The van der Waals surface area contributed by atoms with Crippen LogP contribution in [-0.4, -0.2) is 34.8 Å². The van der Waals surface area contributed by atoms with Crippen molar-refractivity contribution in [3.63, 3.8) is 0 Å². The zero-order valence-corrected chi connectivity index (χ0v) is 15.2. The first kappa shape index (κ1) is 13.9. The van der Waals surface area contributed by atoms with Gasteiger partial charge in [-0.3, -0.25) is 0 Å². The van der Waals surface area contributed by atoms with Gasteiger partial charge in [-0.05, 0) is 32.8 Å². The van der Waals surface area contributed by atoms with Gasteiger partial charge in [0.15, 0.2) is 0 Å². The summed E-state index contributed by atoms with van der Waals surface area (Å²) in [5.74, 6) is 1.56. The van der Waals surface area contributed by atoms with Gasteiger partial charge in [0.05, 0.1) is 0 Å². The topological polar surface area (TPSA) is 21.1 Å². The SMILES string of the molecule is Cc1cc([C-]2CCN(C)CC2)n(C)n1.[Rb+]. The van der Waals surface area contributed by atoms with Gasteiger partial charge in [0.25, 0.3) is 0 Å². The van der Waals surface area contributed by atoms with Gasteiger partial charge < -0.3 is 9.58 Å². The van der Waals surface area contributed by atoms with E-state index in [0.717, 1.165) is 5.69 Å². The van der Waals surface area contributed by atoms with Crippen LogP contribution in [0.3, 0.4) is 0 Å². The molecule has 0 aromatic carbocycles. The van der Waals surface area contributed by atoms with Crippen LogP contribution in [0.2, 0.25) is 0 Å². The summed E-state index contributed by atoms with van der Waals surface area (Å²) in [4.78, 5) is 2.38. The molecule has 1 aliphatic rings. The second kappa shape index (κ2) is 5.96. The van der Waals surface area contributed by atoms with E-state index < -0.39 is 0 Å². The average molecular weight is 278 g/mol. The predicted molar refractivity (Wildman–Crippen MR) is 57.0 cm³/mol. The molecule has 0 amide bonds. The fourth-order valence-electron chi connectivity index (χ4n) is 2.09. The molecule has 0 bridgehead atoms. The Kier molecular flexibility index (Phi) is 5.53.